The van der Waals surface area contributed by atoms with Crippen LogP contribution in [0.3, 0.4) is 0 Å². The molecule has 194 valence electrons. The molecule has 6 rings (SSSR count). The molecule has 2 unspecified atom stereocenters. The van der Waals surface area contributed by atoms with E-state index >= 15 is 0 Å². The Morgan fingerprint density at radius 2 is 1.68 bits per heavy atom. The van der Waals surface area contributed by atoms with E-state index in [0.717, 1.165) is 48.3 Å². The van der Waals surface area contributed by atoms with Gasteiger partial charge < -0.3 is 14.5 Å². The number of carbonyl (C=O) groups excluding carboxylic acids is 1. The van der Waals surface area contributed by atoms with Crippen LogP contribution in [0.2, 0.25) is 0 Å². The van der Waals surface area contributed by atoms with Crippen LogP contribution in [0.5, 0.6) is 0 Å². The number of halogens is 2. The Hall–Kier alpha value is -3.91. The minimum Gasteiger partial charge on any atom is -0.380 e. The van der Waals surface area contributed by atoms with Gasteiger partial charge in [0.05, 0.1) is 23.8 Å². The number of methoxy groups -OCH3 is 1. The Bertz CT molecular complexity index is 1500. The second-order valence-electron chi connectivity index (χ2n) is 10.2. The van der Waals surface area contributed by atoms with E-state index in [9.17, 15) is 13.6 Å². The van der Waals surface area contributed by atoms with Gasteiger partial charge in [-0.3, -0.25) is 9.78 Å². The number of piperidine rings is 2. The smallest absolute Gasteiger partial charge is 0.254 e. The first-order chi connectivity index (χ1) is 18.5. The molecule has 2 aliphatic rings. The highest BCUT2D eigenvalue weighted by Gasteiger charge is 2.37. The summed E-state index contributed by atoms with van der Waals surface area (Å²) in [6.45, 7) is 3.29. The third-order valence-corrected chi connectivity index (χ3v) is 7.47. The predicted octanol–water partition coefficient (Wildman–Crippen LogP) is 5.32. The van der Waals surface area contributed by atoms with Gasteiger partial charge in [-0.2, -0.15) is 0 Å². The molecule has 6 nitrogen and oxygen atoms in total. The van der Waals surface area contributed by atoms with Crippen molar-refractivity contribution in [2.24, 2.45) is 11.8 Å². The van der Waals surface area contributed by atoms with Crippen LogP contribution in [0.15, 0.2) is 66.9 Å². The first-order valence-electron chi connectivity index (χ1n) is 12.8. The van der Waals surface area contributed by atoms with Crippen LogP contribution in [-0.2, 0) is 11.3 Å². The zero-order chi connectivity index (χ0) is 26.2. The molecule has 3 aromatic carbocycles. The van der Waals surface area contributed by atoms with E-state index in [2.05, 4.69) is 20.9 Å². The van der Waals surface area contributed by atoms with Gasteiger partial charge in [-0.15, -0.1) is 0 Å². The summed E-state index contributed by atoms with van der Waals surface area (Å²) in [6, 6.07) is 18.1. The summed E-state index contributed by atoms with van der Waals surface area (Å²) in [4.78, 5) is 26.8. The molecule has 8 heteroatoms. The Kier molecular flexibility index (Phi) is 6.49. The Balaban J connectivity index is 1.21. The maximum Gasteiger partial charge on any atom is 0.254 e. The number of amides is 1. The second kappa shape index (κ2) is 10.1. The molecule has 0 radical (unpaired) electrons. The first-order valence-corrected chi connectivity index (χ1v) is 12.8. The van der Waals surface area contributed by atoms with Crippen molar-refractivity contribution in [3.8, 4) is 11.1 Å². The molecule has 2 atom stereocenters. The van der Waals surface area contributed by atoms with Crippen molar-refractivity contribution >= 4 is 22.8 Å². The summed E-state index contributed by atoms with van der Waals surface area (Å²) >= 11 is 0. The summed E-state index contributed by atoms with van der Waals surface area (Å²) in [5.74, 6) is -0.597. The van der Waals surface area contributed by atoms with E-state index in [1.807, 2.05) is 47.4 Å². The molecule has 3 heterocycles. The second-order valence-corrected chi connectivity index (χ2v) is 10.2. The van der Waals surface area contributed by atoms with Crippen molar-refractivity contribution in [3.05, 3.63) is 89.6 Å². The highest BCUT2D eigenvalue weighted by molar-refractivity contribution is 6.01. The molecule has 0 aliphatic carbocycles. The topological polar surface area (TPSA) is 58.6 Å². The number of fused-ring (bicyclic) bond motifs is 3. The van der Waals surface area contributed by atoms with Crippen molar-refractivity contribution in [1.82, 2.24) is 14.9 Å². The molecule has 38 heavy (non-hydrogen) atoms. The van der Waals surface area contributed by atoms with Gasteiger partial charge in [0.2, 0.25) is 0 Å². The molecular weight excluding hydrogens is 486 g/mol. The fourth-order valence-corrected chi connectivity index (χ4v) is 5.87. The highest BCUT2D eigenvalue weighted by Crippen LogP contribution is 2.33. The number of rotatable bonds is 5. The van der Waals surface area contributed by atoms with Crippen molar-refractivity contribution in [2.75, 3.05) is 38.2 Å². The van der Waals surface area contributed by atoms with Gasteiger partial charge in [-0.25, -0.2) is 13.8 Å². The molecule has 0 spiro atoms. The number of hydrogen-bond acceptors (Lipinski definition) is 5. The maximum absolute atomic E-state index is 13.8. The third-order valence-electron chi connectivity index (χ3n) is 7.47. The molecular formula is C30H28F2N4O2. The van der Waals surface area contributed by atoms with E-state index in [0.29, 0.717) is 42.1 Å². The lowest BCUT2D eigenvalue weighted by atomic mass is 9.84. The maximum atomic E-state index is 13.8. The van der Waals surface area contributed by atoms with Crippen LogP contribution in [0.25, 0.3) is 22.2 Å². The zero-order valence-corrected chi connectivity index (χ0v) is 21.1. The Morgan fingerprint density at radius 3 is 2.45 bits per heavy atom. The van der Waals surface area contributed by atoms with Crippen molar-refractivity contribution in [3.63, 3.8) is 0 Å². The van der Waals surface area contributed by atoms with Crippen LogP contribution in [0.1, 0.15) is 22.3 Å². The van der Waals surface area contributed by atoms with Crippen LogP contribution < -0.4 is 4.90 Å². The van der Waals surface area contributed by atoms with Crippen molar-refractivity contribution < 1.29 is 18.3 Å². The number of likely N-dealkylation sites (tertiary alicyclic amines) is 1. The lowest BCUT2D eigenvalue weighted by molar-refractivity contribution is 0.0565. The quantitative estimate of drug-likeness (QED) is 0.361. The normalized spacial score (nSPS) is 19.1. The molecule has 2 fully saturated rings. The van der Waals surface area contributed by atoms with Crippen molar-refractivity contribution in [1.29, 1.82) is 0 Å². The lowest BCUT2D eigenvalue weighted by Crippen LogP contribution is -2.54. The van der Waals surface area contributed by atoms with E-state index in [-0.39, 0.29) is 17.7 Å². The fraction of sp³-hybridized carbons (Fsp3) is 0.300. The average Bonchev–Trinajstić information content (AvgIpc) is 2.93. The highest BCUT2D eigenvalue weighted by atomic mass is 19.2. The molecule has 0 N–H and O–H groups in total. The number of aromatic nitrogens is 2. The summed E-state index contributed by atoms with van der Waals surface area (Å²) in [5.41, 5.74) is 4.34. The molecule has 1 amide bonds. The number of carbonyl (C=O) groups is 1. The Morgan fingerprint density at radius 1 is 0.947 bits per heavy atom. The molecule has 1 aromatic heterocycles. The average molecular weight is 515 g/mol. The van der Waals surface area contributed by atoms with E-state index in [1.165, 1.54) is 0 Å². The third kappa shape index (κ3) is 4.72. The predicted molar refractivity (Wildman–Crippen MR) is 142 cm³/mol. The standard InChI is InChI=1S/C30H28F2N4O2/c1-38-18-19-5-4-6-22(10-19)23-7-2-3-8-24(23)30(37)36-16-20-9-21(17-36)15-35(14-20)29-13-33-27-11-25(31)26(32)12-28(27)34-29/h2-8,10-13,20-21H,9,14-18H2,1H3. The van der Waals surface area contributed by atoms with E-state index in [1.54, 1.807) is 13.3 Å². The minimum absolute atomic E-state index is 0.0453. The van der Waals surface area contributed by atoms with Crippen LogP contribution in [-0.4, -0.2) is 54.1 Å². The van der Waals surface area contributed by atoms with Crippen LogP contribution in [0, 0.1) is 23.5 Å². The fourth-order valence-electron chi connectivity index (χ4n) is 5.87. The number of benzene rings is 3. The summed E-state index contributed by atoms with van der Waals surface area (Å²) in [7, 11) is 1.67. The molecule has 2 bridgehead atoms. The number of nitrogens with zero attached hydrogens (tertiary/aromatic N) is 4. The Labute approximate surface area is 219 Å². The van der Waals surface area contributed by atoms with Gasteiger partial charge in [0, 0.05) is 51.0 Å². The number of hydrogen-bond donors (Lipinski definition) is 0. The molecule has 2 aliphatic heterocycles. The van der Waals surface area contributed by atoms with Gasteiger partial charge in [-0.05, 0) is 47.1 Å². The lowest BCUT2D eigenvalue weighted by Gasteiger charge is -2.46. The number of ether oxygens (including phenoxy) is 1. The van der Waals surface area contributed by atoms with Crippen molar-refractivity contribution in [2.45, 2.75) is 13.0 Å². The molecule has 2 saturated heterocycles. The summed E-state index contributed by atoms with van der Waals surface area (Å²) in [6.07, 6.45) is 2.67. The van der Waals surface area contributed by atoms with E-state index in [4.69, 9.17) is 4.74 Å². The summed E-state index contributed by atoms with van der Waals surface area (Å²) in [5, 5.41) is 0. The monoisotopic (exact) mass is 514 g/mol. The number of anilines is 1. The molecule has 4 aromatic rings. The zero-order valence-electron chi connectivity index (χ0n) is 21.1. The SMILES string of the molecule is COCc1cccc(-c2ccccc2C(=O)N2CC3CC(C2)CN(c2cnc4cc(F)c(F)cc4n2)C3)c1. The van der Waals surface area contributed by atoms with Crippen LogP contribution >= 0.6 is 0 Å². The van der Waals surface area contributed by atoms with Gasteiger partial charge in [-0.1, -0.05) is 36.4 Å². The minimum atomic E-state index is -0.931. The van der Waals surface area contributed by atoms with Gasteiger partial charge >= 0.3 is 0 Å². The molecule has 0 saturated carbocycles. The van der Waals surface area contributed by atoms with Crippen LogP contribution in [0.4, 0.5) is 14.6 Å². The van der Waals surface area contributed by atoms with Gasteiger partial charge in [0.15, 0.2) is 11.6 Å². The first kappa shape index (κ1) is 24.4. The van der Waals surface area contributed by atoms with Gasteiger partial charge in [0.25, 0.3) is 5.91 Å². The van der Waals surface area contributed by atoms with Gasteiger partial charge in [0.1, 0.15) is 5.82 Å². The van der Waals surface area contributed by atoms with E-state index < -0.39 is 11.6 Å². The largest absolute Gasteiger partial charge is 0.380 e. The summed E-state index contributed by atoms with van der Waals surface area (Å²) < 4.78 is 32.6.